The Labute approximate surface area is 161 Å². The zero-order valence-corrected chi connectivity index (χ0v) is 13.1. The van der Waals surface area contributed by atoms with Gasteiger partial charge in [-0.1, -0.05) is 29.8 Å². The van der Waals surface area contributed by atoms with Crippen molar-refractivity contribution in [3.63, 3.8) is 0 Å². The summed E-state index contributed by atoms with van der Waals surface area (Å²) in [6.45, 7) is 1.88. The van der Waals surface area contributed by atoms with E-state index in [0.717, 1.165) is 5.56 Å². The van der Waals surface area contributed by atoms with Crippen LogP contribution in [0.25, 0.3) is 0 Å². The zero-order valence-electron chi connectivity index (χ0n) is 11.5. The molecule has 0 heterocycles. The molecule has 0 unspecified atom stereocenters. The van der Waals surface area contributed by atoms with Gasteiger partial charge < -0.3 is 10.2 Å². The van der Waals surface area contributed by atoms with Crippen LogP contribution in [0.4, 0.5) is 0 Å². The van der Waals surface area contributed by atoms with Crippen molar-refractivity contribution in [2.45, 2.75) is 11.8 Å². The number of rotatable bonds is 3. The van der Waals surface area contributed by atoms with Gasteiger partial charge in [0, 0.05) is 0 Å². The molecule has 0 saturated heterocycles. The molecule has 23 heavy (non-hydrogen) atoms. The summed E-state index contributed by atoms with van der Waals surface area (Å²) in [6, 6.07) is 12.2. The predicted octanol–water partition coefficient (Wildman–Crippen LogP) is 1.87. The summed E-state index contributed by atoms with van der Waals surface area (Å²) < 4.78 is 23.9. The quantitative estimate of drug-likeness (QED) is 0.567. The van der Waals surface area contributed by atoms with E-state index in [4.69, 9.17) is 22.0 Å². The first-order chi connectivity index (χ1) is 10.3. The number of hydrogen-bond donors (Lipinski definition) is 3. The topological polar surface area (TPSA) is 104 Å². The van der Waals surface area contributed by atoms with E-state index in [0.29, 0.717) is 0 Å². The van der Waals surface area contributed by atoms with Crippen LogP contribution in [0.15, 0.2) is 53.4 Å². The van der Waals surface area contributed by atoms with E-state index in [1.54, 1.807) is 28.5 Å². The second-order valence-corrected chi connectivity index (χ2v) is 6.31. The number of carboxylic acids is 1. The molecule has 0 aliphatic carbocycles. The monoisotopic (exact) mass is 367 g/mol. The molecule has 0 aliphatic rings. The van der Waals surface area contributed by atoms with Crippen molar-refractivity contribution in [2.24, 2.45) is 0 Å². The van der Waals surface area contributed by atoms with Gasteiger partial charge in [-0.2, -0.15) is 0 Å². The van der Waals surface area contributed by atoms with Crippen molar-refractivity contribution >= 4 is 57.3 Å². The van der Waals surface area contributed by atoms with Gasteiger partial charge in [0.25, 0.3) is 10.0 Å². The van der Waals surface area contributed by atoms with E-state index in [1.165, 1.54) is 24.3 Å². The number of hydrogen-bond acceptors (Lipinski definition) is 4. The molecule has 0 fully saturated rings. The first kappa shape index (κ1) is 21.9. The first-order valence-electron chi connectivity index (χ1n) is 5.98. The minimum atomic E-state index is -3.50. The summed E-state index contributed by atoms with van der Waals surface area (Å²) in [4.78, 5) is 10.4. The Bertz CT molecular complexity index is 750. The Morgan fingerprint density at radius 3 is 2.00 bits per heavy atom. The molecule has 0 bridgehead atoms. The Morgan fingerprint density at radius 2 is 1.61 bits per heavy atom. The second-order valence-electron chi connectivity index (χ2n) is 4.22. The molecular weight excluding hydrogens is 353 g/mol. The van der Waals surface area contributed by atoms with Crippen LogP contribution < -0.4 is 4.24 Å². The van der Waals surface area contributed by atoms with Gasteiger partial charge in [0.2, 0.25) is 0 Å². The standard InChI is InChI=1S/C7H8ClNO2S.C7H6O3.Na.H/c1-6-2-4-7(5-3-6)12(10,11)9-8;8-6-4-2-1-3-5(6)7(9)10;;/h2-5,9H,1H3;1-4,8H,(H,9,10);;. The SMILES string of the molecule is Cc1ccc(S(=O)(=O)NCl)cc1.O=C(O)c1ccccc1O.[NaH]. The van der Waals surface area contributed by atoms with Gasteiger partial charge in [-0.05, 0) is 43.0 Å². The fraction of sp³-hybridized carbons (Fsp3) is 0.0714. The number of sulfonamides is 1. The van der Waals surface area contributed by atoms with Crippen LogP contribution in [0.5, 0.6) is 5.75 Å². The van der Waals surface area contributed by atoms with Crippen molar-refractivity contribution in [2.75, 3.05) is 0 Å². The van der Waals surface area contributed by atoms with Crippen molar-refractivity contribution in [1.29, 1.82) is 0 Å². The van der Waals surface area contributed by atoms with Gasteiger partial charge in [-0.3, -0.25) is 0 Å². The third kappa shape index (κ3) is 6.90. The van der Waals surface area contributed by atoms with Crippen LogP contribution in [-0.2, 0) is 10.0 Å². The summed E-state index contributed by atoms with van der Waals surface area (Å²) in [5.74, 6) is -1.31. The third-order valence-electron chi connectivity index (χ3n) is 2.57. The third-order valence-corrected chi connectivity index (χ3v) is 4.27. The molecule has 9 heteroatoms. The number of phenols is 1. The molecular formula is C14H15ClNNaO5S. The fourth-order valence-electron chi connectivity index (χ4n) is 1.42. The Balaban J connectivity index is 0.000000409. The Hall–Kier alpha value is -1.09. The first-order valence-corrected chi connectivity index (χ1v) is 7.84. The van der Waals surface area contributed by atoms with Crippen LogP contribution in [-0.4, -0.2) is 54.2 Å². The maximum absolute atomic E-state index is 11.1. The van der Waals surface area contributed by atoms with Crippen molar-refractivity contribution < 1.29 is 23.4 Å². The average molecular weight is 368 g/mol. The number of benzene rings is 2. The van der Waals surface area contributed by atoms with Gasteiger partial charge in [0.05, 0.1) is 4.90 Å². The summed E-state index contributed by atoms with van der Waals surface area (Å²) in [5.41, 5.74) is 0.936. The van der Waals surface area contributed by atoms with Crippen LogP contribution in [0.1, 0.15) is 15.9 Å². The number of para-hydroxylation sites is 1. The summed E-state index contributed by atoms with van der Waals surface area (Å²) >= 11 is 5.03. The van der Waals surface area contributed by atoms with Gasteiger partial charge in [0.1, 0.15) is 11.3 Å². The van der Waals surface area contributed by atoms with E-state index in [1.807, 2.05) is 6.92 Å². The summed E-state index contributed by atoms with van der Waals surface area (Å²) in [7, 11) is -3.50. The van der Waals surface area contributed by atoms with E-state index < -0.39 is 16.0 Å². The number of aromatic carboxylic acids is 1. The number of halogens is 1. The van der Waals surface area contributed by atoms with Crippen molar-refractivity contribution in [1.82, 2.24) is 4.24 Å². The normalized spacial score (nSPS) is 10.0. The molecule has 0 atom stereocenters. The maximum atomic E-state index is 11.1. The number of nitrogens with one attached hydrogen (secondary N) is 1. The molecule has 2 aromatic rings. The minimum absolute atomic E-state index is 0. The average Bonchev–Trinajstić information content (AvgIpc) is 2.48. The molecule has 6 nitrogen and oxygen atoms in total. The molecule has 0 aliphatic heterocycles. The van der Waals surface area contributed by atoms with Crippen molar-refractivity contribution in [3.05, 3.63) is 59.7 Å². The molecule has 0 saturated carbocycles. The van der Waals surface area contributed by atoms with Crippen LogP contribution in [0.2, 0.25) is 0 Å². The Morgan fingerprint density at radius 1 is 1.09 bits per heavy atom. The van der Waals surface area contributed by atoms with Gasteiger partial charge >= 0.3 is 35.5 Å². The van der Waals surface area contributed by atoms with E-state index in [9.17, 15) is 13.2 Å². The molecule has 120 valence electrons. The molecule has 0 radical (unpaired) electrons. The van der Waals surface area contributed by atoms with Gasteiger partial charge in [-0.25, -0.2) is 13.2 Å². The summed E-state index contributed by atoms with van der Waals surface area (Å²) in [6.07, 6.45) is 0. The van der Waals surface area contributed by atoms with E-state index in [-0.39, 0.29) is 45.8 Å². The molecule has 0 aromatic heterocycles. The number of aryl methyl sites for hydroxylation is 1. The number of carboxylic acid groups (broad SMARTS) is 1. The van der Waals surface area contributed by atoms with Crippen molar-refractivity contribution in [3.8, 4) is 5.75 Å². The summed E-state index contributed by atoms with van der Waals surface area (Å²) in [5, 5.41) is 17.3. The van der Waals surface area contributed by atoms with Crippen LogP contribution in [0.3, 0.4) is 0 Å². The number of aromatic hydroxyl groups is 1. The molecule has 0 spiro atoms. The predicted molar refractivity (Wildman–Crippen MR) is 89.6 cm³/mol. The Kier molecular flexibility index (Phi) is 9.45. The van der Waals surface area contributed by atoms with Gasteiger partial charge in [0.15, 0.2) is 0 Å². The zero-order chi connectivity index (χ0) is 16.8. The van der Waals surface area contributed by atoms with E-state index >= 15 is 0 Å². The molecule has 2 rings (SSSR count). The molecule has 2 aromatic carbocycles. The fourth-order valence-corrected chi connectivity index (χ4v) is 2.27. The molecule has 3 N–H and O–H groups in total. The number of carbonyl (C=O) groups is 1. The molecule has 0 amide bonds. The van der Waals surface area contributed by atoms with Crippen LogP contribution >= 0.6 is 11.8 Å². The van der Waals surface area contributed by atoms with E-state index in [2.05, 4.69) is 0 Å². The van der Waals surface area contributed by atoms with Crippen LogP contribution in [0, 0.1) is 6.92 Å². The van der Waals surface area contributed by atoms with Gasteiger partial charge in [-0.15, -0.1) is 4.24 Å². The second kappa shape index (κ2) is 9.92.